The molecule has 5 nitrogen and oxygen atoms in total. The van der Waals surface area contributed by atoms with Crippen LogP contribution in [-0.4, -0.2) is 32.8 Å². The van der Waals surface area contributed by atoms with Crippen LogP contribution >= 0.6 is 7.60 Å². The molecule has 0 aliphatic heterocycles. The molecule has 0 atom stereocenters. The van der Waals surface area contributed by atoms with Gasteiger partial charge in [-0.15, -0.1) is 0 Å². The molecule has 0 bridgehead atoms. The molecule has 6 heteroatoms. The van der Waals surface area contributed by atoms with E-state index in [0.717, 1.165) is 16.7 Å². The van der Waals surface area contributed by atoms with Crippen molar-refractivity contribution in [2.24, 2.45) is 0 Å². The topological polar surface area (TPSA) is 61.8 Å². The Morgan fingerprint density at radius 3 is 1.48 bits per heavy atom. The Kier molecular flexibility index (Phi) is 7.94. The third-order valence-corrected chi connectivity index (χ3v) is 7.02. The lowest BCUT2D eigenvalue weighted by Crippen LogP contribution is -2.33. The van der Waals surface area contributed by atoms with Crippen molar-refractivity contribution in [2.75, 3.05) is 27.0 Å². The Balaban J connectivity index is 1.95. The molecule has 0 fully saturated rings. The predicted molar refractivity (Wildman–Crippen MR) is 121 cm³/mol. The first-order valence-corrected chi connectivity index (χ1v) is 11.8. The number of carbonyl (C=O) groups excluding carboxylic acids is 1. The minimum atomic E-state index is -3.40. The van der Waals surface area contributed by atoms with Gasteiger partial charge < -0.3 is 13.8 Å². The Morgan fingerprint density at radius 2 is 1.13 bits per heavy atom. The molecular formula is C25H27O5P. The molecule has 0 N–H and O–H groups in total. The van der Waals surface area contributed by atoms with Crippen LogP contribution in [0, 0.1) is 0 Å². The maximum absolute atomic E-state index is 12.5. The zero-order valence-electron chi connectivity index (χ0n) is 17.8. The minimum absolute atomic E-state index is 0.0883. The lowest BCUT2D eigenvalue weighted by atomic mass is 9.80. The van der Waals surface area contributed by atoms with Crippen molar-refractivity contribution in [2.45, 2.75) is 12.0 Å². The number of ether oxygens (including phenoxy) is 1. The average molecular weight is 438 g/mol. The maximum Gasteiger partial charge on any atom is 0.337 e. The van der Waals surface area contributed by atoms with E-state index >= 15 is 0 Å². The number of benzene rings is 3. The molecule has 162 valence electrons. The zero-order valence-corrected chi connectivity index (χ0v) is 18.7. The van der Waals surface area contributed by atoms with Crippen LogP contribution in [0.3, 0.4) is 0 Å². The van der Waals surface area contributed by atoms with Crippen molar-refractivity contribution in [1.29, 1.82) is 0 Å². The summed E-state index contributed by atoms with van der Waals surface area (Å²) in [6.07, 6.45) is -0.191. The number of ketones is 1. The van der Waals surface area contributed by atoms with Gasteiger partial charge in [-0.1, -0.05) is 91.0 Å². The lowest BCUT2D eigenvalue weighted by molar-refractivity contribution is -0.119. The van der Waals surface area contributed by atoms with E-state index < -0.39 is 13.2 Å². The molecule has 3 aromatic carbocycles. The van der Waals surface area contributed by atoms with Gasteiger partial charge >= 0.3 is 7.60 Å². The second-order valence-electron chi connectivity index (χ2n) is 7.05. The number of hydrogen-bond donors (Lipinski definition) is 0. The average Bonchev–Trinajstić information content (AvgIpc) is 2.83. The predicted octanol–water partition coefficient (Wildman–Crippen LogP) is 5.44. The fourth-order valence-electron chi connectivity index (χ4n) is 3.59. The number of carbonyl (C=O) groups is 1. The summed E-state index contributed by atoms with van der Waals surface area (Å²) in [6, 6.07) is 29.8. The van der Waals surface area contributed by atoms with Gasteiger partial charge in [0.25, 0.3) is 0 Å². The Morgan fingerprint density at radius 1 is 0.742 bits per heavy atom. The number of rotatable bonds is 11. The molecule has 0 spiro atoms. The zero-order chi connectivity index (χ0) is 22.2. The summed E-state index contributed by atoms with van der Waals surface area (Å²) in [7, 11) is -0.843. The standard InChI is InChI=1S/C25H27O5P/c1-28-31(27,29-2)20-24(26)18-19-30-25(21-12-6-3-7-13-21,22-14-8-4-9-15-22)23-16-10-5-11-17-23/h3-17H,18-20H2,1-2H3. The van der Waals surface area contributed by atoms with E-state index in [2.05, 4.69) is 0 Å². The van der Waals surface area contributed by atoms with Crippen LogP contribution in [0.2, 0.25) is 0 Å². The minimum Gasteiger partial charge on any atom is -0.360 e. The molecule has 3 aromatic rings. The van der Waals surface area contributed by atoms with Crippen molar-refractivity contribution < 1.29 is 23.1 Å². The monoisotopic (exact) mass is 438 g/mol. The van der Waals surface area contributed by atoms with Crippen LogP contribution in [0.1, 0.15) is 23.1 Å². The van der Waals surface area contributed by atoms with Gasteiger partial charge in [-0.05, 0) is 16.7 Å². The molecule has 0 heterocycles. The van der Waals surface area contributed by atoms with Crippen LogP contribution in [0.4, 0.5) is 0 Å². The van der Waals surface area contributed by atoms with E-state index in [-0.39, 0.29) is 25.0 Å². The molecule has 0 radical (unpaired) electrons. The van der Waals surface area contributed by atoms with Gasteiger partial charge in [-0.2, -0.15) is 0 Å². The first-order chi connectivity index (χ1) is 15.0. The summed E-state index contributed by atoms with van der Waals surface area (Å²) < 4.78 is 28.6. The van der Waals surface area contributed by atoms with Crippen LogP contribution in [-0.2, 0) is 28.7 Å². The van der Waals surface area contributed by atoms with Crippen molar-refractivity contribution in [1.82, 2.24) is 0 Å². The van der Waals surface area contributed by atoms with E-state index in [1.54, 1.807) is 0 Å². The van der Waals surface area contributed by atoms with Crippen LogP contribution in [0.5, 0.6) is 0 Å². The van der Waals surface area contributed by atoms with Gasteiger partial charge in [-0.25, -0.2) is 0 Å². The molecular weight excluding hydrogens is 411 g/mol. The largest absolute Gasteiger partial charge is 0.360 e. The summed E-state index contributed by atoms with van der Waals surface area (Å²) in [6.45, 7) is 0.144. The third kappa shape index (κ3) is 5.38. The van der Waals surface area contributed by atoms with E-state index in [1.165, 1.54) is 14.2 Å². The molecule has 0 aliphatic rings. The van der Waals surface area contributed by atoms with Crippen molar-refractivity contribution in [3.05, 3.63) is 108 Å². The van der Waals surface area contributed by atoms with Gasteiger partial charge in [0.15, 0.2) is 0 Å². The molecule has 0 unspecified atom stereocenters. The highest BCUT2D eigenvalue weighted by Crippen LogP contribution is 2.46. The van der Waals surface area contributed by atoms with Crippen molar-refractivity contribution >= 4 is 13.4 Å². The molecule has 31 heavy (non-hydrogen) atoms. The second kappa shape index (κ2) is 10.7. The van der Waals surface area contributed by atoms with Gasteiger partial charge in [0.2, 0.25) is 0 Å². The van der Waals surface area contributed by atoms with Crippen LogP contribution in [0.15, 0.2) is 91.0 Å². The molecule has 0 aromatic heterocycles. The SMILES string of the molecule is COP(=O)(CC(=O)CCOC(c1ccccc1)(c1ccccc1)c1ccccc1)OC. The number of hydrogen-bond acceptors (Lipinski definition) is 5. The molecule has 0 aliphatic carbocycles. The van der Waals surface area contributed by atoms with Crippen LogP contribution in [0.25, 0.3) is 0 Å². The summed E-state index contributed by atoms with van der Waals surface area (Å²) in [5.74, 6) is -0.241. The van der Waals surface area contributed by atoms with Gasteiger partial charge in [-0.3, -0.25) is 9.36 Å². The summed E-state index contributed by atoms with van der Waals surface area (Å²) in [5, 5.41) is 0. The van der Waals surface area contributed by atoms with Crippen molar-refractivity contribution in [3.63, 3.8) is 0 Å². The fraction of sp³-hybridized carbons (Fsp3) is 0.240. The fourth-order valence-corrected chi connectivity index (χ4v) is 4.58. The van der Waals surface area contributed by atoms with E-state index in [9.17, 15) is 9.36 Å². The van der Waals surface area contributed by atoms with E-state index in [0.29, 0.717) is 0 Å². The quantitative estimate of drug-likeness (QED) is 0.295. The smallest absolute Gasteiger partial charge is 0.337 e. The molecule has 0 saturated carbocycles. The van der Waals surface area contributed by atoms with E-state index in [1.807, 2.05) is 91.0 Å². The lowest BCUT2D eigenvalue weighted by Gasteiger charge is -2.36. The summed E-state index contributed by atoms with van der Waals surface area (Å²) in [4.78, 5) is 12.5. The highest BCUT2D eigenvalue weighted by molar-refractivity contribution is 7.54. The van der Waals surface area contributed by atoms with Crippen molar-refractivity contribution in [3.8, 4) is 0 Å². The molecule has 0 saturated heterocycles. The molecule has 3 rings (SSSR count). The number of Topliss-reactive ketones (excluding diaryl/α,β-unsaturated/α-hetero) is 1. The maximum atomic E-state index is 12.5. The first-order valence-electron chi connectivity index (χ1n) is 10.1. The Hall–Kier alpha value is -2.56. The molecule has 0 amide bonds. The summed E-state index contributed by atoms with van der Waals surface area (Å²) in [5.41, 5.74) is 1.98. The Labute approximate surface area is 183 Å². The van der Waals surface area contributed by atoms with Crippen LogP contribution < -0.4 is 0 Å². The highest BCUT2D eigenvalue weighted by atomic mass is 31.2. The highest BCUT2D eigenvalue weighted by Gasteiger charge is 2.37. The first kappa shape index (κ1) is 23.1. The van der Waals surface area contributed by atoms with E-state index in [4.69, 9.17) is 13.8 Å². The summed E-state index contributed by atoms with van der Waals surface area (Å²) >= 11 is 0. The van der Waals surface area contributed by atoms with Gasteiger partial charge in [0, 0.05) is 20.6 Å². The van der Waals surface area contributed by atoms with Gasteiger partial charge in [0.1, 0.15) is 17.5 Å². The third-order valence-electron chi connectivity index (χ3n) is 5.17. The van der Waals surface area contributed by atoms with Gasteiger partial charge in [0.05, 0.1) is 6.61 Å². The Bertz CT molecular complexity index is 901. The second-order valence-corrected chi connectivity index (χ2v) is 9.32. The normalized spacial score (nSPS) is 11.9.